The third kappa shape index (κ3) is 7.80. The van der Waals surface area contributed by atoms with E-state index in [4.69, 9.17) is 10.3 Å². The molecule has 2 aromatic rings. The third-order valence-electron chi connectivity index (χ3n) is 7.44. The maximum Gasteiger partial charge on any atom is 0.294 e. The fraction of sp³-hybridized carbons (Fsp3) is 0.481. The Morgan fingerprint density at radius 1 is 1.05 bits per heavy atom. The molecule has 4 atom stereocenters. The molecule has 39 heavy (non-hydrogen) atoms. The van der Waals surface area contributed by atoms with Gasteiger partial charge in [0.15, 0.2) is 11.6 Å². The van der Waals surface area contributed by atoms with Gasteiger partial charge in [-0.25, -0.2) is 13.2 Å². The van der Waals surface area contributed by atoms with Crippen LogP contribution in [0.2, 0.25) is 0 Å². The van der Waals surface area contributed by atoms with Crippen molar-refractivity contribution in [3.63, 3.8) is 0 Å². The highest BCUT2D eigenvalue weighted by Crippen LogP contribution is 2.40. The number of likely N-dealkylation sites (N-methyl/N-ethyl adjacent to an activating group) is 1. The minimum atomic E-state index is -4.02. The fourth-order valence-corrected chi connectivity index (χ4v) is 5.70. The number of carbonyl (C=O) groups is 2. The van der Waals surface area contributed by atoms with Crippen LogP contribution in [0.25, 0.3) is 0 Å². The number of rotatable bonds is 6. The molecule has 0 radical (unpaired) electrons. The van der Waals surface area contributed by atoms with Crippen molar-refractivity contribution in [1.29, 1.82) is 0 Å². The van der Waals surface area contributed by atoms with Gasteiger partial charge in [-0.15, -0.1) is 0 Å². The molecule has 2 saturated heterocycles. The minimum Gasteiger partial charge on any atom is -0.337 e. The Morgan fingerprint density at radius 3 is 2.10 bits per heavy atom. The number of amides is 2. The second-order valence-corrected chi connectivity index (χ2v) is 11.7. The lowest BCUT2D eigenvalue weighted by atomic mass is 9.82. The first kappa shape index (κ1) is 30.6. The van der Waals surface area contributed by atoms with Gasteiger partial charge in [0, 0.05) is 38.2 Å². The number of hydrogen-bond acceptors (Lipinski definition) is 5. The van der Waals surface area contributed by atoms with E-state index in [9.17, 15) is 31.2 Å². The summed E-state index contributed by atoms with van der Waals surface area (Å²) in [5.41, 5.74) is 7.32. The third-order valence-corrected chi connectivity index (χ3v) is 8.30. The molecule has 2 heterocycles. The van der Waals surface area contributed by atoms with Gasteiger partial charge in [0.1, 0.15) is 5.82 Å². The molecule has 2 amide bonds. The Bertz CT molecular complexity index is 1290. The summed E-state index contributed by atoms with van der Waals surface area (Å²) in [7, 11) is -2.42. The molecular formula is C27H34F3N3O5S. The van der Waals surface area contributed by atoms with E-state index in [1.807, 2.05) is 11.8 Å². The largest absolute Gasteiger partial charge is 0.337 e. The number of hydrogen-bond donors (Lipinski definition) is 2. The van der Waals surface area contributed by atoms with E-state index in [0.717, 1.165) is 24.5 Å². The summed E-state index contributed by atoms with van der Waals surface area (Å²) in [5.74, 6) is -3.25. The molecule has 214 valence electrons. The van der Waals surface area contributed by atoms with Crippen molar-refractivity contribution in [3.05, 3.63) is 65.0 Å². The van der Waals surface area contributed by atoms with E-state index < -0.39 is 33.6 Å². The van der Waals surface area contributed by atoms with Crippen molar-refractivity contribution >= 4 is 21.9 Å². The number of halogens is 3. The number of nitrogens with two attached hydrogens (primary N) is 1. The molecule has 0 saturated carbocycles. The molecule has 0 aromatic heterocycles. The summed E-state index contributed by atoms with van der Waals surface area (Å²) in [6.45, 7) is 3.32. The number of benzene rings is 2. The lowest BCUT2D eigenvalue weighted by molar-refractivity contribution is -0.142. The monoisotopic (exact) mass is 569 g/mol. The lowest BCUT2D eigenvalue weighted by Gasteiger charge is -2.41. The summed E-state index contributed by atoms with van der Waals surface area (Å²) in [6.07, 6.45) is 3.26. The zero-order chi connectivity index (χ0) is 29.1. The van der Waals surface area contributed by atoms with Crippen molar-refractivity contribution < 1.29 is 35.7 Å². The highest BCUT2D eigenvalue weighted by Gasteiger charge is 2.44. The molecule has 0 aliphatic carbocycles. The fourth-order valence-electron chi connectivity index (χ4n) is 5.22. The molecule has 2 fully saturated rings. The van der Waals surface area contributed by atoms with Gasteiger partial charge in [0.2, 0.25) is 11.8 Å². The maximum atomic E-state index is 13.9. The second-order valence-electron chi connectivity index (χ2n) is 10.3. The summed E-state index contributed by atoms with van der Waals surface area (Å²) in [6, 6.07) is 7.11. The van der Waals surface area contributed by atoms with Gasteiger partial charge < -0.3 is 15.5 Å². The average molecular weight is 570 g/mol. The second kappa shape index (κ2) is 12.5. The molecule has 3 N–H and O–H groups in total. The standard InChI is InChI=1S/C20H26F3N3O2.C7H8O3S/c1-11(27)25(2)10-20(28)26-14-3-4-15(26)6-13(5-14)19(24)8-12-7-17(22)18(23)9-16(12)21;1-6-2-4-7(5-3-6)11(8,9)10/h7,9,13-15,19H,3-6,8,10,24H2,1-2H3;2-5H,1H3,(H,8,9,10)/t13?,14-,15+,19-;/m1./s1. The molecule has 4 rings (SSSR count). The van der Waals surface area contributed by atoms with E-state index in [1.54, 1.807) is 19.2 Å². The lowest BCUT2D eigenvalue weighted by Crippen LogP contribution is -2.52. The Hall–Kier alpha value is -2.96. The van der Waals surface area contributed by atoms with Crippen LogP contribution >= 0.6 is 0 Å². The van der Waals surface area contributed by atoms with E-state index >= 15 is 0 Å². The smallest absolute Gasteiger partial charge is 0.294 e. The normalized spacial score (nSPS) is 21.1. The SMILES string of the molecule is CC(=O)N(C)CC(=O)N1[C@@H]2CC[C@H]1CC([C@H](N)Cc1cc(F)c(F)cc1F)C2.Cc1ccc(S(=O)(=O)O)cc1. The highest BCUT2D eigenvalue weighted by atomic mass is 32.2. The van der Waals surface area contributed by atoms with Crippen LogP contribution in [0.4, 0.5) is 13.2 Å². The predicted octanol–water partition coefficient (Wildman–Crippen LogP) is 3.46. The Kier molecular flexibility index (Phi) is 9.78. The van der Waals surface area contributed by atoms with Gasteiger partial charge in [-0.05, 0) is 68.7 Å². The van der Waals surface area contributed by atoms with Crippen LogP contribution in [0.1, 0.15) is 43.7 Å². The quantitative estimate of drug-likeness (QED) is 0.406. The first-order chi connectivity index (χ1) is 18.2. The summed E-state index contributed by atoms with van der Waals surface area (Å²) >= 11 is 0. The van der Waals surface area contributed by atoms with Crippen LogP contribution in [0, 0.1) is 30.3 Å². The molecule has 12 heteroatoms. The molecule has 8 nitrogen and oxygen atoms in total. The number of aryl methyl sites for hydroxylation is 1. The van der Waals surface area contributed by atoms with Crippen LogP contribution in [0.15, 0.2) is 41.3 Å². The topological polar surface area (TPSA) is 121 Å². The molecule has 1 unspecified atom stereocenters. The molecular weight excluding hydrogens is 535 g/mol. The zero-order valence-corrected chi connectivity index (χ0v) is 22.9. The average Bonchev–Trinajstić information content (AvgIpc) is 3.11. The van der Waals surface area contributed by atoms with Crippen LogP contribution in [0.3, 0.4) is 0 Å². The van der Waals surface area contributed by atoms with Crippen LogP contribution in [-0.2, 0) is 26.1 Å². The Labute approximate surface area is 226 Å². The van der Waals surface area contributed by atoms with Gasteiger partial charge in [0.25, 0.3) is 10.1 Å². The Balaban J connectivity index is 0.000000320. The van der Waals surface area contributed by atoms with E-state index in [2.05, 4.69) is 0 Å². The molecule has 2 aliphatic heterocycles. The first-order valence-electron chi connectivity index (χ1n) is 12.6. The summed E-state index contributed by atoms with van der Waals surface area (Å²) in [5, 5.41) is 0. The zero-order valence-electron chi connectivity index (χ0n) is 22.1. The van der Waals surface area contributed by atoms with Gasteiger partial charge in [-0.1, -0.05) is 17.7 Å². The Morgan fingerprint density at radius 2 is 1.59 bits per heavy atom. The predicted molar refractivity (Wildman–Crippen MR) is 139 cm³/mol. The van der Waals surface area contributed by atoms with Crippen molar-refractivity contribution in [2.45, 2.75) is 69.0 Å². The van der Waals surface area contributed by atoms with Crippen LogP contribution in [-0.4, -0.2) is 66.3 Å². The van der Waals surface area contributed by atoms with Gasteiger partial charge in [0.05, 0.1) is 11.4 Å². The maximum absolute atomic E-state index is 13.9. The van der Waals surface area contributed by atoms with Crippen LogP contribution in [0.5, 0.6) is 0 Å². The van der Waals surface area contributed by atoms with Crippen LogP contribution < -0.4 is 5.73 Å². The van der Waals surface area contributed by atoms with Crippen molar-refractivity contribution in [3.8, 4) is 0 Å². The molecule has 2 aliphatic rings. The highest BCUT2D eigenvalue weighted by molar-refractivity contribution is 7.85. The van der Waals surface area contributed by atoms with Crippen molar-refractivity contribution in [2.75, 3.05) is 13.6 Å². The molecule has 2 aromatic carbocycles. The van der Waals surface area contributed by atoms with E-state index in [-0.39, 0.29) is 53.2 Å². The first-order valence-corrected chi connectivity index (χ1v) is 14.1. The number of piperidine rings is 1. The van der Waals surface area contributed by atoms with E-state index in [1.165, 1.54) is 24.0 Å². The van der Waals surface area contributed by atoms with E-state index in [0.29, 0.717) is 18.9 Å². The number of carbonyl (C=O) groups excluding carboxylic acids is 2. The molecule has 2 bridgehead atoms. The summed E-state index contributed by atoms with van der Waals surface area (Å²) in [4.78, 5) is 27.2. The van der Waals surface area contributed by atoms with Gasteiger partial charge in [-0.2, -0.15) is 8.42 Å². The number of nitrogens with zero attached hydrogens (tertiary/aromatic N) is 2. The minimum absolute atomic E-state index is 0.0532. The summed E-state index contributed by atoms with van der Waals surface area (Å²) < 4.78 is 70.0. The van der Waals surface area contributed by atoms with Crippen molar-refractivity contribution in [2.24, 2.45) is 11.7 Å². The van der Waals surface area contributed by atoms with Gasteiger partial charge >= 0.3 is 0 Å². The van der Waals surface area contributed by atoms with Crippen molar-refractivity contribution in [1.82, 2.24) is 9.80 Å². The number of fused-ring (bicyclic) bond motifs is 2. The van der Waals surface area contributed by atoms with Gasteiger partial charge in [-0.3, -0.25) is 14.1 Å². The molecule has 0 spiro atoms.